The number of methoxy groups -OCH3 is 1. The number of piperazine rings is 1. The van der Waals surface area contributed by atoms with Gasteiger partial charge < -0.3 is 15.2 Å². The van der Waals surface area contributed by atoms with E-state index in [1.54, 1.807) is 0 Å². The van der Waals surface area contributed by atoms with E-state index in [4.69, 9.17) is 4.74 Å². The van der Waals surface area contributed by atoms with Gasteiger partial charge in [0.25, 0.3) is 0 Å². The molecule has 2 N–H and O–H groups in total. The van der Waals surface area contributed by atoms with Gasteiger partial charge >= 0.3 is 0 Å². The molecule has 1 heterocycles. The molecule has 1 aromatic rings. The van der Waals surface area contributed by atoms with Crippen LogP contribution in [0.4, 0.5) is 4.39 Å². The maximum Gasteiger partial charge on any atom is 0.163 e. The average molecular weight is 294 g/mol. The molecule has 0 aromatic heterocycles. The Labute approximate surface area is 124 Å². The highest BCUT2D eigenvalue weighted by molar-refractivity contribution is 5.47. The van der Waals surface area contributed by atoms with Gasteiger partial charge in [0.15, 0.2) is 11.5 Å². The van der Waals surface area contributed by atoms with Crippen molar-refractivity contribution >= 4 is 0 Å². The monoisotopic (exact) mass is 294 g/mol. The van der Waals surface area contributed by atoms with E-state index in [9.17, 15) is 9.50 Å². The number of benzene rings is 1. The second-order valence-electron chi connectivity index (χ2n) is 6.03. The normalized spacial score (nSPS) is 21.2. The predicted octanol–water partition coefficient (Wildman–Crippen LogP) is 2.29. The van der Waals surface area contributed by atoms with Crippen LogP contribution in [0.3, 0.4) is 0 Å². The van der Waals surface area contributed by atoms with Crippen LogP contribution in [0, 0.1) is 11.7 Å². The average Bonchev–Trinajstić information content (AvgIpc) is 3.32. The summed E-state index contributed by atoms with van der Waals surface area (Å²) in [5, 5.41) is 13.7. The molecule has 0 bridgehead atoms. The van der Waals surface area contributed by atoms with Crippen LogP contribution in [0.25, 0.3) is 0 Å². The minimum absolute atomic E-state index is 0.0733. The van der Waals surface area contributed by atoms with Crippen LogP contribution in [-0.2, 0) is 0 Å². The van der Waals surface area contributed by atoms with Crippen molar-refractivity contribution in [2.45, 2.75) is 25.3 Å². The molecule has 0 unspecified atom stereocenters. The molecular formula is C16H23FN2O2. The van der Waals surface area contributed by atoms with Crippen LogP contribution >= 0.6 is 0 Å². The lowest BCUT2D eigenvalue weighted by molar-refractivity contribution is 0.157. The van der Waals surface area contributed by atoms with Gasteiger partial charge in [0.1, 0.15) is 5.82 Å². The van der Waals surface area contributed by atoms with Crippen LogP contribution in [0.1, 0.15) is 30.9 Å². The van der Waals surface area contributed by atoms with Crippen LogP contribution in [0.2, 0.25) is 0 Å². The summed E-state index contributed by atoms with van der Waals surface area (Å²) >= 11 is 0. The number of hydrogen-bond donors (Lipinski definition) is 2. The van der Waals surface area contributed by atoms with Gasteiger partial charge in [-0.05, 0) is 18.4 Å². The quantitative estimate of drug-likeness (QED) is 0.874. The minimum Gasteiger partial charge on any atom is -0.504 e. The molecule has 1 saturated heterocycles. The second-order valence-corrected chi connectivity index (χ2v) is 6.03. The molecule has 21 heavy (non-hydrogen) atoms. The van der Waals surface area contributed by atoms with Gasteiger partial charge in [0.2, 0.25) is 0 Å². The number of ether oxygens (including phenoxy) is 1. The van der Waals surface area contributed by atoms with Crippen molar-refractivity contribution in [3.05, 3.63) is 23.5 Å². The van der Waals surface area contributed by atoms with Gasteiger partial charge in [-0.3, -0.25) is 4.90 Å². The number of nitrogens with zero attached hydrogens (tertiary/aromatic N) is 1. The van der Waals surface area contributed by atoms with Crippen LogP contribution < -0.4 is 10.1 Å². The summed E-state index contributed by atoms with van der Waals surface area (Å²) in [6.45, 7) is 3.73. The first-order chi connectivity index (χ1) is 10.2. The van der Waals surface area contributed by atoms with Gasteiger partial charge in [-0.1, -0.05) is 12.8 Å². The number of phenolic OH excluding ortho intramolecular Hbond substituents is 1. The third-order valence-electron chi connectivity index (χ3n) is 4.49. The standard InChI is InChI=1S/C16H23FN2O2/c1-21-15-10-12(17)9-13(16(15)20)14(8-11-2-3-11)19-6-4-18-5-7-19/h9-11,14,18,20H,2-8H2,1H3/t14-/m0/s1. The molecule has 1 aliphatic carbocycles. The topological polar surface area (TPSA) is 44.7 Å². The van der Waals surface area contributed by atoms with Gasteiger partial charge in [-0.25, -0.2) is 4.39 Å². The van der Waals surface area contributed by atoms with E-state index >= 15 is 0 Å². The first-order valence-corrected chi connectivity index (χ1v) is 7.70. The van der Waals surface area contributed by atoms with Crippen LogP contribution in [0.15, 0.2) is 12.1 Å². The van der Waals surface area contributed by atoms with Crippen molar-refractivity contribution < 1.29 is 14.2 Å². The summed E-state index contributed by atoms with van der Waals surface area (Å²) in [5.74, 6) is 0.665. The number of phenols is 1. The maximum atomic E-state index is 13.9. The number of rotatable bonds is 5. The van der Waals surface area contributed by atoms with Crippen molar-refractivity contribution in [1.82, 2.24) is 10.2 Å². The Morgan fingerprint density at radius 1 is 1.38 bits per heavy atom. The molecule has 5 heteroatoms. The molecular weight excluding hydrogens is 271 g/mol. The zero-order chi connectivity index (χ0) is 14.8. The van der Waals surface area contributed by atoms with Crippen LogP contribution in [-0.4, -0.2) is 43.3 Å². The van der Waals surface area contributed by atoms with Crippen molar-refractivity contribution in [3.63, 3.8) is 0 Å². The van der Waals surface area contributed by atoms with E-state index in [1.807, 2.05) is 0 Å². The molecule has 3 rings (SSSR count). The number of aromatic hydroxyl groups is 1. The first kappa shape index (κ1) is 14.6. The Morgan fingerprint density at radius 3 is 2.71 bits per heavy atom. The third-order valence-corrected chi connectivity index (χ3v) is 4.49. The fraction of sp³-hybridized carbons (Fsp3) is 0.625. The lowest BCUT2D eigenvalue weighted by atomic mass is 9.97. The van der Waals surface area contributed by atoms with E-state index in [-0.39, 0.29) is 23.4 Å². The van der Waals surface area contributed by atoms with Crippen molar-refractivity contribution in [3.8, 4) is 11.5 Å². The molecule has 1 saturated carbocycles. The Balaban J connectivity index is 1.92. The van der Waals surface area contributed by atoms with E-state index in [1.165, 1.54) is 32.1 Å². The Morgan fingerprint density at radius 2 is 2.10 bits per heavy atom. The zero-order valence-corrected chi connectivity index (χ0v) is 12.4. The SMILES string of the molecule is COc1cc(F)cc([C@H](CC2CC2)N2CCNCC2)c1O. The highest BCUT2D eigenvalue weighted by Gasteiger charge is 2.32. The van der Waals surface area contributed by atoms with Gasteiger partial charge in [0.05, 0.1) is 7.11 Å². The summed E-state index contributed by atoms with van der Waals surface area (Å²) in [4.78, 5) is 2.35. The molecule has 2 aliphatic rings. The molecule has 1 aromatic carbocycles. The van der Waals surface area contributed by atoms with E-state index < -0.39 is 0 Å². The molecule has 0 spiro atoms. The van der Waals surface area contributed by atoms with Crippen molar-refractivity contribution in [1.29, 1.82) is 0 Å². The highest BCUT2D eigenvalue weighted by Crippen LogP contribution is 2.44. The predicted molar refractivity (Wildman–Crippen MR) is 79.1 cm³/mol. The third kappa shape index (κ3) is 3.30. The van der Waals surface area contributed by atoms with Crippen molar-refractivity contribution in [2.24, 2.45) is 5.92 Å². The molecule has 1 atom stereocenters. The fourth-order valence-corrected chi connectivity index (χ4v) is 3.14. The number of hydrogen-bond acceptors (Lipinski definition) is 4. The fourth-order valence-electron chi connectivity index (χ4n) is 3.14. The zero-order valence-electron chi connectivity index (χ0n) is 12.4. The molecule has 116 valence electrons. The number of halogens is 1. The Hall–Kier alpha value is -1.33. The molecule has 4 nitrogen and oxygen atoms in total. The summed E-state index contributed by atoms with van der Waals surface area (Å²) in [6, 6.07) is 2.78. The smallest absolute Gasteiger partial charge is 0.163 e. The number of nitrogens with one attached hydrogen (secondary N) is 1. The van der Waals surface area contributed by atoms with Crippen molar-refractivity contribution in [2.75, 3.05) is 33.3 Å². The van der Waals surface area contributed by atoms with Gasteiger partial charge in [0, 0.05) is 43.9 Å². The second kappa shape index (κ2) is 6.20. The Kier molecular flexibility index (Phi) is 4.31. The summed E-state index contributed by atoms with van der Waals surface area (Å²) in [7, 11) is 1.46. The Bertz CT molecular complexity index is 499. The summed E-state index contributed by atoms with van der Waals surface area (Å²) < 4.78 is 19.0. The molecule has 2 fully saturated rings. The lowest BCUT2D eigenvalue weighted by Crippen LogP contribution is -2.45. The van der Waals surface area contributed by atoms with Gasteiger partial charge in [-0.2, -0.15) is 0 Å². The van der Waals surface area contributed by atoms with E-state index in [0.717, 1.165) is 32.6 Å². The molecule has 1 aliphatic heterocycles. The first-order valence-electron chi connectivity index (χ1n) is 7.70. The van der Waals surface area contributed by atoms with Crippen LogP contribution in [0.5, 0.6) is 11.5 Å². The largest absolute Gasteiger partial charge is 0.504 e. The minimum atomic E-state index is -0.351. The lowest BCUT2D eigenvalue weighted by Gasteiger charge is -2.35. The highest BCUT2D eigenvalue weighted by atomic mass is 19.1. The van der Waals surface area contributed by atoms with E-state index in [2.05, 4.69) is 10.2 Å². The maximum absolute atomic E-state index is 13.9. The summed E-state index contributed by atoms with van der Waals surface area (Å²) in [6.07, 6.45) is 3.48. The molecule has 0 radical (unpaired) electrons. The molecule has 0 amide bonds. The van der Waals surface area contributed by atoms with E-state index in [0.29, 0.717) is 11.5 Å². The van der Waals surface area contributed by atoms with Gasteiger partial charge in [-0.15, -0.1) is 0 Å². The summed E-state index contributed by atoms with van der Waals surface area (Å²) in [5.41, 5.74) is 0.667.